The third-order valence-electron chi connectivity index (χ3n) is 4.41. The minimum absolute atomic E-state index is 0.0743. The van der Waals surface area contributed by atoms with E-state index in [4.69, 9.17) is 9.15 Å². The van der Waals surface area contributed by atoms with Crippen molar-refractivity contribution in [2.45, 2.75) is 31.4 Å². The minimum atomic E-state index is -0.394. The van der Waals surface area contributed by atoms with Gasteiger partial charge in [0.15, 0.2) is 0 Å². The zero-order valence-electron chi connectivity index (χ0n) is 13.0. The van der Waals surface area contributed by atoms with E-state index in [9.17, 15) is 4.79 Å². The smallest absolute Gasteiger partial charge is 0.272 e. The van der Waals surface area contributed by atoms with Crippen molar-refractivity contribution in [2.24, 2.45) is 5.10 Å². The Morgan fingerprint density at radius 2 is 2.12 bits per heavy atom. The first-order chi connectivity index (χ1) is 11.7. The molecule has 1 aromatic carbocycles. The number of carbonyl (C=O) groups excluding carboxylic acids is 1. The van der Waals surface area contributed by atoms with E-state index >= 15 is 0 Å². The van der Waals surface area contributed by atoms with Crippen molar-refractivity contribution in [1.29, 1.82) is 0 Å². The Morgan fingerprint density at radius 1 is 1.25 bits per heavy atom. The van der Waals surface area contributed by atoms with Crippen LogP contribution in [0, 0.1) is 0 Å². The highest BCUT2D eigenvalue weighted by molar-refractivity contribution is 9.10. The molecule has 6 heteroatoms. The number of nitrogens with zero attached hydrogens (tertiary/aromatic N) is 2. The minimum Gasteiger partial charge on any atom is -0.463 e. The summed E-state index contributed by atoms with van der Waals surface area (Å²) in [6, 6.07) is 11.5. The first-order valence-electron chi connectivity index (χ1n) is 8.04. The average molecular weight is 389 g/mol. The Labute approximate surface area is 148 Å². The van der Waals surface area contributed by atoms with Gasteiger partial charge in [-0.15, -0.1) is 0 Å². The molecule has 0 aliphatic carbocycles. The molecule has 1 aromatic heterocycles. The van der Waals surface area contributed by atoms with Crippen molar-refractivity contribution in [3.05, 3.63) is 58.5 Å². The molecule has 0 saturated carbocycles. The molecule has 0 spiro atoms. The van der Waals surface area contributed by atoms with E-state index in [-0.39, 0.29) is 11.9 Å². The monoisotopic (exact) mass is 388 g/mol. The number of benzene rings is 1. The van der Waals surface area contributed by atoms with Crippen LogP contribution in [-0.2, 0) is 9.53 Å². The van der Waals surface area contributed by atoms with Crippen molar-refractivity contribution in [2.75, 3.05) is 6.61 Å². The number of ether oxygens (including phenoxy) is 1. The van der Waals surface area contributed by atoms with Gasteiger partial charge in [0, 0.05) is 17.5 Å². The first-order valence-corrected chi connectivity index (χ1v) is 8.84. The molecule has 5 nitrogen and oxygen atoms in total. The molecule has 2 aliphatic rings. The highest BCUT2D eigenvalue weighted by atomic mass is 79.9. The van der Waals surface area contributed by atoms with Crippen LogP contribution >= 0.6 is 15.9 Å². The number of furan rings is 1. The Morgan fingerprint density at radius 3 is 2.83 bits per heavy atom. The molecule has 0 bridgehead atoms. The van der Waals surface area contributed by atoms with E-state index in [1.165, 1.54) is 0 Å². The van der Waals surface area contributed by atoms with Crippen molar-refractivity contribution in [3.63, 3.8) is 0 Å². The van der Waals surface area contributed by atoms with Crippen molar-refractivity contribution < 1.29 is 13.9 Å². The second-order valence-electron chi connectivity index (χ2n) is 5.95. The summed E-state index contributed by atoms with van der Waals surface area (Å²) >= 11 is 3.59. The Kier molecular flexibility index (Phi) is 4.24. The Balaban J connectivity index is 1.69. The summed E-state index contributed by atoms with van der Waals surface area (Å²) in [4.78, 5) is 12.9. The van der Waals surface area contributed by atoms with Crippen molar-refractivity contribution in [3.8, 4) is 0 Å². The lowest BCUT2D eigenvalue weighted by Gasteiger charge is -2.25. The Hall–Kier alpha value is -1.92. The molecular formula is C18H17BrN2O3. The summed E-state index contributed by atoms with van der Waals surface area (Å²) in [5.41, 5.74) is 1.82. The SMILES string of the molecule is O=C([C@H]1CCCO1)N1N=C(c2ccco2)C[C@H]1c1ccccc1Br. The van der Waals surface area contributed by atoms with Gasteiger partial charge in [-0.1, -0.05) is 34.1 Å². The van der Waals surface area contributed by atoms with Crippen LogP contribution in [0.4, 0.5) is 0 Å². The van der Waals surface area contributed by atoms with Gasteiger partial charge in [-0.25, -0.2) is 5.01 Å². The van der Waals surface area contributed by atoms with Gasteiger partial charge < -0.3 is 9.15 Å². The number of hydrogen-bond donors (Lipinski definition) is 0. The van der Waals surface area contributed by atoms with E-state index in [1.807, 2.05) is 36.4 Å². The maximum atomic E-state index is 12.9. The lowest BCUT2D eigenvalue weighted by Crippen LogP contribution is -2.35. The standard InChI is InChI=1S/C18H17BrN2O3/c19-13-6-2-1-5-12(13)15-11-14(16-7-3-9-23-16)20-21(15)18(22)17-8-4-10-24-17/h1-3,5-7,9,15,17H,4,8,10-11H2/t15-,17+/m0/s1. The van der Waals surface area contributed by atoms with E-state index < -0.39 is 6.10 Å². The van der Waals surface area contributed by atoms with Crippen LogP contribution in [0.25, 0.3) is 0 Å². The van der Waals surface area contributed by atoms with Gasteiger partial charge in [0.25, 0.3) is 5.91 Å². The number of amides is 1. The Bertz CT molecular complexity index is 766. The van der Waals surface area contributed by atoms with Gasteiger partial charge in [-0.2, -0.15) is 5.10 Å². The maximum absolute atomic E-state index is 12.9. The van der Waals surface area contributed by atoms with E-state index in [0.29, 0.717) is 18.8 Å². The molecule has 2 atom stereocenters. The van der Waals surface area contributed by atoms with Crippen molar-refractivity contribution >= 4 is 27.5 Å². The largest absolute Gasteiger partial charge is 0.463 e. The topological polar surface area (TPSA) is 55.0 Å². The summed E-state index contributed by atoms with van der Waals surface area (Å²) in [7, 11) is 0. The fourth-order valence-electron chi connectivity index (χ4n) is 3.21. The summed E-state index contributed by atoms with van der Waals surface area (Å²) in [5.74, 6) is 0.629. The molecule has 0 unspecified atom stereocenters. The third kappa shape index (κ3) is 2.80. The van der Waals surface area contributed by atoms with E-state index in [1.54, 1.807) is 11.3 Å². The molecule has 3 heterocycles. The molecule has 2 aromatic rings. The summed E-state index contributed by atoms with van der Waals surface area (Å²) < 4.78 is 12.0. The fourth-order valence-corrected chi connectivity index (χ4v) is 3.76. The maximum Gasteiger partial charge on any atom is 0.272 e. The van der Waals surface area contributed by atoms with Gasteiger partial charge >= 0.3 is 0 Å². The highest BCUT2D eigenvalue weighted by Crippen LogP contribution is 2.37. The molecule has 1 fully saturated rings. The molecule has 124 valence electrons. The van der Waals surface area contributed by atoms with E-state index in [0.717, 1.165) is 28.6 Å². The van der Waals surface area contributed by atoms with Crippen LogP contribution in [-0.4, -0.2) is 29.3 Å². The molecule has 1 amide bonds. The second-order valence-corrected chi connectivity index (χ2v) is 6.80. The van der Waals surface area contributed by atoms with Gasteiger partial charge in [-0.05, 0) is 36.6 Å². The highest BCUT2D eigenvalue weighted by Gasteiger charge is 2.39. The average Bonchev–Trinajstić information content (AvgIpc) is 3.34. The van der Waals surface area contributed by atoms with Crippen LogP contribution in [0.5, 0.6) is 0 Å². The number of carbonyl (C=O) groups is 1. The van der Waals surface area contributed by atoms with Gasteiger partial charge in [0.2, 0.25) is 0 Å². The molecule has 2 aliphatic heterocycles. The number of halogens is 1. The third-order valence-corrected chi connectivity index (χ3v) is 5.13. The molecule has 1 saturated heterocycles. The normalized spacial score (nSPS) is 23.5. The molecule has 4 rings (SSSR count). The van der Waals surface area contributed by atoms with Crippen LogP contribution < -0.4 is 0 Å². The summed E-state index contributed by atoms with van der Waals surface area (Å²) in [6.45, 7) is 0.638. The van der Waals surface area contributed by atoms with Gasteiger partial charge in [-0.3, -0.25) is 4.79 Å². The summed E-state index contributed by atoms with van der Waals surface area (Å²) in [5, 5.41) is 6.16. The molecule has 0 radical (unpaired) electrons. The number of rotatable bonds is 3. The van der Waals surface area contributed by atoms with Crippen molar-refractivity contribution in [1.82, 2.24) is 5.01 Å². The second kappa shape index (κ2) is 6.53. The van der Waals surface area contributed by atoms with Gasteiger partial charge in [0.05, 0.1) is 12.3 Å². The number of hydrazone groups is 1. The predicted octanol–water partition coefficient (Wildman–Crippen LogP) is 3.90. The number of hydrogen-bond acceptors (Lipinski definition) is 4. The lowest BCUT2D eigenvalue weighted by atomic mass is 10.0. The lowest BCUT2D eigenvalue weighted by molar-refractivity contribution is -0.142. The zero-order valence-corrected chi connectivity index (χ0v) is 14.6. The molecule has 0 N–H and O–H groups in total. The first kappa shape index (κ1) is 15.6. The van der Waals surface area contributed by atoms with Crippen LogP contribution in [0.3, 0.4) is 0 Å². The molecular weight excluding hydrogens is 372 g/mol. The van der Waals surface area contributed by atoms with Crippen LogP contribution in [0.1, 0.15) is 36.6 Å². The van der Waals surface area contributed by atoms with Gasteiger partial charge in [0.1, 0.15) is 17.6 Å². The molecule has 24 heavy (non-hydrogen) atoms. The quantitative estimate of drug-likeness (QED) is 0.800. The predicted molar refractivity (Wildman–Crippen MR) is 92.6 cm³/mol. The van der Waals surface area contributed by atoms with E-state index in [2.05, 4.69) is 21.0 Å². The van der Waals surface area contributed by atoms with Crippen LogP contribution in [0.2, 0.25) is 0 Å². The van der Waals surface area contributed by atoms with Crippen LogP contribution in [0.15, 0.2) is 56.7 Å². The summed E-state index contributed by atoms with van der Waals surface area (Å²) in [6.07, 6.45) is 3.52. The zero-order chi connectivity index (χ0) is 16.5. The fraction of sp³-hybridized carbons (Fsp3) is 0.333.